The fourth-order valence-electron chi connectivity index (χ4n) is 1.46. The molecule has 0 saturated carbocycles. The normalized spacial score (nSPS) is 10.1. The molecule has 0 amide bonds. The summed E-state index contributed by atoms with van der Waals surface area (Å²) in [5.41, 5.74) is 0.0214. The average Bonchev–Trinajstić information content (AvgIpc) is 2.36. The van der Waals surface area contributed by atoms with Crippen molar-refractivity contribution in [3.63, 3.8) is 0 Å². The molecule has 0 unspecified atom stereocenters. The third-order valence-corrected chi connectivity index (χ3v) is 2.45. The van der Waals surface area contributed by atoms with Gasteiger partial charge in [0.2, 0.25) is 5.82 Å². The minimum atomic E-state index is -0.412. The minimum absolute atomic E-state index is 0.0214. The lowest BCUT2D eigenvalue weighted by Gasteiger charge is -2.08. The van der Waals surface area contributed by atoms with Gasteiger partial charge in [0.15, 0.2) is 0 Å². The molecule has 1 aromatic heterocycles. The molecule has 1 rings (SSSR count). The number of rotatable bonds is 8. The lowest BCUT2D eigenvalue weighted by molar-refractivity contribution is -0.384. The largest absolute Gasteiger partial charge is 0.370 e. The van der Waals surface area contributed by atoms with E-state index in [1.54, 1.807) is 6.07 Å². The monoisotopic (exact) mass is 252 g/mol. The minimum Gasteiger partial charge on any atom is -0.370 e. The summed E-state index contributed by atoms with van der Waals surface area (Å²) in [5, 5.41) is 17.0. The van der Waals surface area contributed by atoms with Crippen molar-refractivity contribution in [1.82, 2.24) is 4.98 Å². The molecule has 1 aromatic rings. The molecule has 0 fully saturated rings. The van der Waals surface area contributed by atoms with Gasteiger partial charge in [0.25, 0.3) is 0 Å². The van der Waals surface area contributed by atoms with E-state index >= 15 is 0 Å². The number of nitrogens with one attached hydrogen (secondary N) is 2. The first-order valence-electron chi connectivity index (χ1n) is 6.32. The Morgan fingerprint density at radius 1 is 1.22 bits per heavy atom. The molecule has 0 spiro atoms. The second-order valence-corrected chi connectivity index (χ2v) is 4.03. The van der Waals surface area contributed by atoms with Crippen LogP contribution in [-0.2, 0) is 0 Å². The van der Waals surface area contributed by atoms with E-state index in [4.69, 9.17) is 0 Å². The van der Waals surface area contributed by atoms with Crippen LogP contribution < -0.4 is 10.6 Å². The van der Waals surface area contributed by atoms with Crippen LogP contribution in [0.5, 0.6) is 0 Å². The van der Waals surface area contributed by atoms with Crippen LogP contribution >= 0.6 is 0 Å². The SMILES string of the molecule is CCCCNc1nc(NCCC)ccc1[N+](=O)[O-]. The van der Waals surface area contributed by atoms with E-state index in [1.165, 1.54) is 6.07 Å². The molecule has 0 aromatic carbocycles. The maximum Gasteiger partial charge on any atom is 0.311 e. The summed E-state index contributed by atoms with van der Waals surface area (Å²) in [4.78, 5) is 14.7. The highest BCUT2D eigenvalue weighted by molar-refractivity contribution is 5.60. The van der Waals surface area contributed by atoms with Crippen LogP contribution in [0.15, 0.2) is 12.1 Å². The van der Waals surface area contributed by atoms with Crippen molar-refractivity contribution >= 4 is 17.3 Å². The van der Waals surface area contributed by atoms with Crippen LogP contribution in [0.3, 0.4) is 0 Å². The third kappa shape index (κ3) is 4.20. The van der Waals surface area contributed by atoms with Gasteiger partial charge in [0, 0.05) is 19.2 Å². The van der Waals surface area contributed by atoms with E-state index in [0.717, 1.165) is 25.8 Å². The molecular formula is C12H20N4O2. The van der Waals surface area contributed by atoms with Crippen molar-refractivity contribution in [1.29, 1.82) is 0 Å². The van der Waals surface area contributed by atoms with Crippen LogP contribution in [-0.4, -0.2) is 23.0 Å². The third-order valence-electron chi connectivity index (χ3n) is 2.45. The van der Waals surface area contributed by atoms with Gasteiger partial charge in [-0.2, -0.15) is 0 Å². The van der Waals surface area contributed by atoms with Gasteiger partial charge in [0.05, 0.1) is 4.92 Å². The van der Waals surface area contributed by atoms with Crippen LogP contribution in [0.2, 0.25) is 0 Å². The van der Waals surface area contributed by atoms with Crippen molar-refractivity contribution < 1.29 is 4.92 Å². The Morgan fingerprint density at radius 2 is 2.00 bits per heavy atom. The van der Waals surface area contributed by atoms with Crippen molar-refractivity contribution in [2.24, 2.45) is 0 Å². The second-order valence-electron chi connectivity index (χ2n) is 4.03. The number of unbranched alkanes of at least 4 members (excludes halogenated alkanes) is 1. The molecule has 18 heavy (non-hydrogen) atoms. The molecule has 0 aliphatic rings. The van der Waals surface area contributed by atoms with Crippen LogP contribution in [0.4, 0.5) is 17.3 Å². The van der Waals surface area contributed by atoms with Gasteiger partial charge >= 0.3 is 5.69 Å². The highest BCUT2D eigenvalue weighted by atomic mass is 16.6. The predicted octanol–water partition coefficient (Wildman–Crippen LogP) is 3.02. The summed E-state index contributed by atoms with van der Waals surface area (Å²) in [6, 6.07) is 3.12. The van der Waals surface area contributed by atoms with Gasteiger partial charge in [-0.3, -0.25) is 10.1 Å². The molecule has 6 nitrogen and oxygen atoms in total. The van der Waals surface area contributed by atoms with Crippen molar-refractivity contribution in [2.45, 2.75) is 33.1 Å². The molecular weight excluding hydrogens is 232 g/mol. The van der Waals surface area contributed by atoms with E-state index in [-0.39, 0.29) is 5.69 Å². The number of aromatic nitrogens is 1. The predicted molar refractivity (Wildman–Crippen MR) is 73.1 cm³/mol. The van der Waals surface area contributed by atoms with E-state index in [2.05, 4.69) is 29.5 Å². The van der Waals surface area contributed by atoms with Gasteiger partial charge in [-0.05, 0) is 18.9 Å². The molecule has 0 bridgehead atoms. The maximum absolute atomic E-state index is 10.9. The summed E-state index contributed by atoms with van der Waals surface area (Å²) in [7, 11) is 0. The van der Waals surface area contributed by atoms with Crippen LogP contribution in [0, 0.1) is 10.1 Å². The Balaban J connectivity index is 2.82. The molecule has 0 aliphatic carbocycles. The maximum atomic E-state index is 10.9. The number of nitro groups is 1. The lowest BCUT2D eigenvalue weighted by atomic mass is 10.3. The summed E-state index contributed by atoms with van der Waals surface area (Å²) in [6.07, 6.45) is 2.98. The molecule has 0 saturated heterocycles. The summed E-state index contributed by atoms with van der Waals surface area (Å²) in [5.74, 6) is 1.01. The molecule has 2 N–H and O–H groups in total. The van der Waals surface area contributed by atoms with E-state index in [1.807, 2.05) is 0 Å². The van der Waals surface area contributed by atoms with Gasteiger partial charge in [0.1, 0.15) is 5.82 Å². The molecule has 1 heterocycles. The fraction of sp³-hybridized carbons (Fsp3) is 0.583. The number of hydrogen-bond donors (Lipinski definition) is 2. The molecule has 6 heteroatoms. The molecule has 0 atom stereocenters. The van der Waals surface area contributed by atoms with Gasteiger partial charge in [-0.25, -0.2) is 4.98 Å². The van der Waals surface area contributed by atoms with Crippen LogP contribution in [0.25, 0.3) is 0 Å². The summed E-state index contributed by atoms with van der Waals surface area (Å²) < 4.78 is 0. The van der Waals surface area contributed by atoms with Gasteiger partial charge in [-0.15, -0.1) is 0 Å². The van der Waals surface area contributed by atoms with E-state index in [0.29, 0.717) is 18.2 Å². The molecule has 0 radical (unpaired) electrons. The highest BCUT2D eigenvalue weighted by Crippen LogP contribution is 2.23. The Kier molecular flexibility index (Phi) is 5.90. The Labute approximate surface area is 107 Å². The van der Waals surface area contributed by atoms with Crippen LogP contribution in [0.1, 0.15) is 33.1 Å². The first-order chi connectivity index (χ1) is 8.69. The number of pyridine rings is 1. The average molecular weight is 252 g/mol. The molecule has 0 aliphatic heterocycles. The fourth-order valence-corrected chi connectivity index (χ4v) is 1.46. The van der Waals surface area contributed by atoms with Crippen molar-refractivity contribution in [2.75, 3.05) is 23.7 Å². The quantitative estimate of drug-likeness (QED) is 0.422. The zero-order valence-corrected chi connectivity index (χ0v) is 10.9. The zero-order chi connectivity index (χ0) is 13.4. The van der Waals surface area contributed by atoms with Gasteiger partial charge in [-0.1, -0.05) is 20.3 Å². The first-order valence-corrected chi connectivity index (χ1v) is 6.32. The number of hydrogen-bond acceptors (Lipinski definition) is 5. The Bertz CT molecular complexity index is 396. The molecule has 100 valence electrons. The van der Waals surface area contributed by atoms with E-state index in [9.17, 15) is 10.1 Å². The zero-order valence-electron chi connectivity index (χ0n) is 10.9. The van der Waals surface area contributed by atoms with E-state index < -0.39 is 4.92 Å². The highest BCUT2D eigenvalue weighted by Gasteiger charge is 2.15. The van der Waals surface area contributed by atoms with Gasteiger partial charge < -0.3 is 10.6 Å². The Morgan fingerprint density at radius 3 is 2.61 bits per heavy atom. The second kappa shape index (κ2) is 7.47. The number of nitrogens with zero attached hydrogens (tertiary/aromatic N) is 2. The summed E-state index contributed by atoms with van der Waals surface area (Å²) in [6.45, 7) is 5.63. The smallest absolute Gasteiger partial charge is 0.311 e. The standard InChI is InChI=1S/C12H20N4O2/c1-3-5-9-14-12-10(16(17)18)6-7-11(15-12)13-8-4-2/h6-7H,3-5,8-9H2,1-2H3,(H2,13,14,15). The van der Waals surface area contributed by atoms with Crippen molar-refractivity contribution in [3.8, 4) is 0 Å². The van der Waals surface area contributed by atoms with Crippen molar-refractivity contribution in [3.05, 3.63) is 22.2 Å². The first kappa shape index (κ1) is 14.2. The topological polar surface area (TPSA) is 80.1 Å². The number of anilines is 2. The summed E-state index contributed by atoms with van der Waals surface area (Å²) >= 11 is 0. The Hall–Kier alpha value is -1.85. The lowest BCUT2D eigenvalue weighted by Crippen LogP contribution is -2.08.